The SMILES string of the molecule is CCc1sc(C(=O)O)c(-c2ccc(-c3ccc(C#N)s3)cc2)c1C#N. The smallest absolute Gasteiger partial charge is 0.346 e. The molecule has 1 N–H and O–H groups in total. The predicted molar refractivity (Wildman–Crippen MR) is 98.8 cm³/mol. The van der Waals surface area contributed by atoms with E-state index in [1.54, 1.807) is 6.07 Å². The summed E-state index contributed by atoms with van der Waals surface area (Å²) in [6, 6.07) is 15.4. The van der Waals surface area contributed by atoms with E-state index in [4.69, 9.17) is 5.26 Å². The topological polar surface area (TPSA) is 84.9 Å². The van der Waals surface area contributed by atoms with Gasteiger partial charge in [0, 0.05) is 15.3 Å². The van der Waals surface area contributed by atoms with Gasteiger partial charge in [-0.05, 0) is 29.7 Å². The Kier molecular flexibility index (Phi) is 4.67. The van der Waals surface area contributed by atoms with Gasteiger partial charge in [-0.25, -0.2) is 4.79 Å². The van der Waals surface area contributed by atoms with Gasteiger partial charge in [-0.2, -0.15) is 10.5 Å². The maximum Gasteiger partial charge on any atom is 0.346 e. The fourth-order valence-electron chi connectivity index (χ4n) is 2.63. The van der Waals surface area contributed by atoms with E-state index in [1.165, 1.54) is 11.3 Å². The first-order chi connectivity index (χ1) is 12.1. The van der Waals surface area contributed by atoms with Crippen molar-refractivity contribution in [2.75, 3.05) is 0 Å². The molecule has 0 radical (unpaired) electrons. The van der Waals surface area contributed by atoms with E-state index in [-0.39, 0.29) is 4.88 Å². The van der Waals surface area contributed by atoms with Crippen molar-refractivity contribution in [3.05, 3.63) is 56.6 Å². The van der Waals surface area contributed by atoms with E-state index < -0.39 is 5.97 Å². The Hall–Kier alpha value is -2.93. The maximum absolute atomic E-state index is 11.6. The highest BCUT2D eigenvalue weighted by atomic mass is 32.1. The van der Waals surface area contributed by atoms with Gasteiger partial charge in [0.2, 0.25) is 0 Å². The lowest BCUT2D eigenvalue weighted by atomic mass is 9.98. The quantitative estimate of drug-likeness (QED) is 0.694. The Bertz CT molecular complexity index is 1030. The van der Waals surface area contributed by atoms with Crippen molar-refractivity contribution < 1.29 is 9.90 Å². The van der Waals surface area contributed by atoms with Crippen LogP contribution in [-0.4, -0.2) is 11.1 Å². The number of hydrogen-bond donors (Lipinski definition) is 1. The van der Waals surface area contributed by atoms with E-state index >= 15 is 0 Å². The first kappa shape index (κ1) is 16.9. The second-order valence-electron chi connectivity index (χ2n) is 5.23. The number of benzene rings is 1. The first-order valence-corrected chi connectivity index (χ1v) is 9.12. The van der Waals surface area contributed by atoms with Crippen molar-refractivity contribution in [1.29, 1.82) is 10.5 Å². The molecule has 6 heteroatoms. The zero-order chi connectivity index (χ0) is 18.0. The van der Waals surface area contributed by atoms with Crippen LogP contribution in [0.3, 0.4) is 0 Å². The molecular formula is C19H12N2O2S2. The van der Waals surface area contributed by atoms with Gasteiger partial charge in [0.15, 0.2) is 0 Å². The van der Waals surface area contributed by atoms with Crippen LogP contribution in [0, 0.1) is 22.7 Å². The minimum Gasteiger partial charge on any atom is -0.477 e. The van der Waals surface area contributed by atoms with Crippen LogP contribution < -0.4 is 0 Å². The molecule has 0 bridgehead atoms. The average Bonchev–Trinajstić information content (AvgIpc) is 3.25. The van der Waals surface area contributed by atoms with Gasteiger partial charge < -0.3 is 5.11 Å². The molecule has 0 fully saturated rings. The number of thiophene rings is 2. The van der Waals surface area contributed by atoms with Crippen LogP contribution in [0.25, 0.3) is 21.6 Å². The third kappa shape index (κ3) is 3.06. The van der Waals surface area contributed by atoms with Crippen molar-refractivity contribution in [3.8, 4) is 33.7 Å². The van der Waals surface area contributed by atoms with Crippen molar-refractivity contribution >= 4 is 28.6 Å². The molecule has 2 aromatic heterocycles. The van der Waals surface area contributed by atoms with Crippen LogP contribution >= 0.6 is 22.7 Å². The zero-order valence-electron chi connectivity index (χ0n) is 13.2. The Labute approximate surface area is 152 Å². The summed E-state index contributed by atoms with van der Waals surface area (Å²) < 4.78 is 0. The molecule has 0 aliphatic carbocycles. The van der Waals surface area contributed by atoms with Crippen LogP contribution in [0.4, 0.5) is 0 Å². The number of nitrogens with zero attached hydrogens (tertiary/aromatic N) is 2. The Morgan fingerprint density at radius 1 is 1.04 bits per heavy atom. The molecule has 0 saturated carbocycles. The highest BCUT2D eigenvalue weighted by Gasteiger charge is 2.23. The summed E-state index contributed by atoms with van der Waals surface area (Å²) in [5, 5.41) is 27.9. The summed E-state index contributed by atoms with van der Waals surface area (Å²) in [7, 11) is 0. The van der Waals surface area contributed by atoms with Crippen LogP contribution in [0.1, 0.15) is 31.9 Å². The number of nitriles is 2. The predicted octanol–water partition coefficient (Wildman–Crippen LogP) is 5.15. The molecular weight excluding hydrogens is 352 g/mol. The molecule has 1 aromatic carbocycles. The third-order valence-corrected chi connectivity index (χ3v) is 6.14. The lowest BCUT2D eigenvalue weighted by molar-refractivity contribution is 0.0703. The monoisotopic (exact) mass is 364 g/mol. The number of rotatable bonds is 4. The number of carbonyl (C=O) groups is 1. The van der Waals surface area contributed by atoms with Crippen LogP contribution in [0.2, 0.25) is 0 Å². The normalized spacial score (nSPS) is 10.2. The Morgan fingerprint density at radius 2 is 1.72 bits per heavy atom. The molecule has 4 nitrogen and oxygen atoms in total. The van der Waals surface area contributed by atoms with Gasteiger partial charge in [-0.15, -0.1) is 22.7 Å². The maximum atomic E-state index is 11.6. The van der Waals surface area contributed by atoms with Gasteiger partial charge in [0.25, 0.3) is 0 Å². The van der Waals surface area contributed by atoms with E-state index in [0.29, 0.717) is 28.0 Å². The summed E-state index contributed by atoms with van der Waals surface area (Å²) >= 11 is 2.57. The average molecular weight is 364 g/mol. The van der Waals surface area contributed by atoms with E-state index in [1.807, 2.05) is 37.3 Å². The fraction of sp³-hybridized carbons (Fsp3) is 0.105. The van der Waals surface area contributed by atoms with Crippen molar-refractivity contribution in [2.45, 2.75) is 13.3 Å². The van der Waals surface area contributed by atoms with Crippen LogP contribution in [0.15, 0.2) is 36.4 Å². The molecule has 2 heterocycles. The standard InChI is InChI=1S/C19H12N2O2S2/c1-2-15-14(10-21)17(18(25-15)19(22)23)12-5-3-11(4-6-12)16-8-7-13(9-20)24-16/h3-8H,2H2,1H3,(H,22,23). The summed E-state index contributed by atoms with van der Waals surface area (Å²) in [5.41, 5.74) is 2.61. The summed E-state index contributed by atoms with van der Waals surface area (Å²) in [4.78, 5) is 14.2. The number of aromatic carboxylic acids is 1. The first-order valence-electron chi connectivity index (χ1n) is 7.48. The molecule has 3 rings (SSSR count). The molecule has 25 heavy (non-hydrogen) atoms. The minimum atomic E-state index is -1.02. The highest BCUT2D eigenvalue weighted by molar-refractivity contribution is 7.16. The highest BCUT2D eigenvalue weighted by Crippen LogP contribution is 2.38. The van der Waals surface area contributed by atoms with Gasteiger partial charge >= 0.3 is 5.97 Å². The minimum absolute atomic E-state index is 0.198. The van der Waals surface area contributed by atoms with Crippen LogP contribution in [-0.2, 0) is 6.42 Å². The Morgan fingerprint density at radius 3 is 2.24 bits per heavy atom. The molecule has 0 saturated heterocycles. The summed E-state index contributed by atoms with van der Waals surface area (Å²) in [6.07, 6.45) is 0.623. The van der Waals surface area contributed by atoms with E-state index in [9.17, 15) is 15.2 Å². The molecule has 3 aromatic rings. The molecule has 0 atom stereocenters. The molecule has 122 valence electrons. The van der Waals surface area contributed by atoms with Gasteiger partial charge in [0.05, 0.1) is 5.56 Å². The molecule has 0 spiro atoms. The van der Waals surface area contributed by atoms with Crippen molar-refractivity contribution in [2.24, 2.45) is 0 Å². The molecule has 0 aliphatic heterocycles. The van der Waals surface area contributed by atoms with Crippen LogP contribution in [0.5, 0.6) is 0 Å². The Balaban J connectivity index is 2.09. The molecule has 0 unspecified atom stereocenters. The lowest BCUT2D eigenvalue weighted by Crippen LogP contribution is -1.95. The lowest BCUT2D eigenvalue weighted by Gasteiger charge is -2.04. The second kappa shape index (κ2) is 6.90. The summed E-state index contributed by atoms with van der Waals surface area (Å²) in [5.74, 6) is -1.02. The molecule has 0 amide bonds. The van der Waals surface area contributed by atoms with Crippen molar-refractivity contribution in [1.82, 2.24) is 0 Å². The summed E-state index contributed by atoms with van der Waals surface area (Å²) in [6.45, 7) is 1.91. The molecule has 0 aliphatic rings. The van der Waals surface area contributed by atoms with E-state index in [0.717, 1.165) is 26.7 Å². The zero-order valence-corrected chi connectivity index (χ0v) is 14.9. The third-order valence-electron chi connectivity index (χ3n) is 3.78. The van der Waals surface area contributed by atoms with Gasteiger partial charge in [0.1, 0.15) is 21.9 Å². The second-order valence-corrected chi connectivity index (χ2v) is 7.42. The number of carboxylic acids is 1. The number of aryl methyl sites for hydroxylation is 1. The number of hydrogen-bond acceptors (Lipinski definition) is 5. The van der Waals surface area contributed by atoms with E-state index in [2.05, 4.69) is 12.1 Å². The fourth-order valence-corrected chi connectivity index (χ4v) is 4.48. The van der Waals surface area contributed by atoms with Gasteiger partial charge in [-0.1, -0.05) is 31.2 Å². The van der Waals surface area contributed by atoms with Gasteiger partial charge in [-0.3, -0.25) is 0 Å². The largest absolute Gasteiger partial charge is 0.477 e. The van der Waals surface area contributed by atoms with Crippen molar-refractivity contribution in [3.63, 3.8) is 0 Å². The number of carboxylic acid groups (broad SMARTS) is 1.